The van der Waals surface area contributed by atoms with Crippen LogP contribution in [0.25, 0.3) is 11.1 Å². The van der Waals surface area contributed by atoms with E-state index in [1.807, 2.05) is 19.1 Å². The number of rotatable bonds is 2. The van der Waals surface area contributed by atoms with E-state index in [0.717, 1.165) is 5.56 Å². The van der Waals surface area contributed by atoms with Crippen molar-refractivity contribution >= 4 is 0 Å². The Kier molecular flexibility index (Phi) is 3.43. The van der Waals surface area contributed by atoms with Gasteiger partial charge in [-0.05, 0) is 30.5 Å². The van der Waals surface area contributed by atoms with Gasteiger partial charge in [0.2, 0.25) is 0 Å². The van der Waals surface area contributed by atoms with Gasteiger partial charge in [0.15, 0.2) is 11.6 Å². The molecule has 2 aromatic rings. The van der Waals surface area contributed by atoms with Crippen molar-refractivity contribution in [2.75, 3.05) is 0 Å². The molecule has 0 aliphatic heterocycles. The third-order valence-corrected chi connectivity index (χ3v) is 3.02. The Labute approximate surface area is 105 Å². The van der Waals surface area contributed by atoms with Crippen molar-refractivity contribution in [3.63, 3.8) is 0 Å². The lowest BCUT2D eigenvalue weighted by Gasteiger charge is -2.14. The van der Waals surface area contributed by atoms with E-state index in [2.05, 4.69) is 0 Å². The first kappa shape index (κ1) is 12.7. The standard InChI is InChI=1S/C15H15F2N/c1-9-7-8-13(15(17)14(9)16)12-6-4-3-5-11(12)10(2)18/h3-8,10H,18H2,1-2H3. The maximum absolute atomic E-state index is 14.0. The lowest BCUT2D eigenvalue weighted by molar-refractivity contribution is 0.505. The van der Waals surface area contributed by atoms with Crippen molar-refractivity contribution in [3.8, 4) is 11.1 Å². The van der Waals surface area contributed by atoms with Crippen LogP contribution >= 0.6 is 0 Å². The molecule has 0 bridgehead atoms. The molecule has 0 heterocycles. The summed E-state index contributed by atoms with van der Waals surface area (Å²) in [4.78, 5) is 0. The van der Waals surface area contributed by atoms with Crippen molar-refractivity contribution in [1.82, 2.24) is 0 Å². The summed E-state index contributed by atoms with van der Waals surface area (Å²) >= 11 is 0. The first-order valence-electron chi connectivity index (χ1n) is 5.82. The highest BCUT2D eigenvalue weighted by Gasteiger charge is 2.16. The van der Waals surface area contributed by atoms with Crippen LogP contribution in [0.4, 0.5) is 8.78 Å². The highest BCUT2D eigenvalue weighted by molar-refractivity contribution is 5.69. The van der Waals surface area contributed by atoms with E-state index in [1.165, 1.54) is 0 Å². The predicted molar refractivity (Wildman–Crippen MR) is 69.1 cm³/mol. The largest absolute Gasteiger partial charge is 0.324 e. The predicted octanol–water partition coefficient (Wildman–Crippen LogP) is 3.96. The third kappa shape index (κ3) is 2.14. The molecule has 94 valence electrons. The number of hydrogen-bond acceptors (Lipinski definition) is 1. The third-order valence-electron chi connectivity index (χ3n) is 3.02. The lowest BCUT2D eigenvalue weighted by atomic mass is 9.95. The quantitative estimate of drug-likeness (QED) is 0.854. The lowest BCUT2D eigenvalue weighted by Crippen LogP contribution is -2.07. The highest BCUT2D eigenvalue weighted by Crippen LogP contribution is 2.31. The maximum atomic E-state index is 14.0. The number of nitrogens with two attached hydrogens (primary N) is 1. The van der Waals surface area contributed by atoms with Crippen LogP contribution in [-0.4, -0.2) is 0 Å². The normalized spacial score (nSPS) is 12.5. The first-order chi connectivity index (χ1) is 8.52. The Morgan fingerprint density at radius 3 is 2.28 bits per heavy atom. The molecule has 0 spiro atoms. The van der Waals surface area contributed by atoms with Crippen LogP contribution < -0.4 is 5.73 Å². The number of benzene rings is 2. The fourth-order valence-corrected chi connectivity index (χ4v) is 1.99. The van der Waals surface area contributed by atoms with E-state index in [9.17, 15) is 8.78 Å². The Hall–Kier alpha value is -1.74. The molecule has 2 aromatic carbocycles. The average Bonchev–Trinajstić information content (AvgIpc) is 2.36. The molecule has 0 aromatic heterocycles. The minimum absolute atomic E-state index is 0.232. The van der Waals surface area contributed by atoms with Crippen molar-refractivity contribution in [3.05, 3.63) is 59.2 Å². The Morgan fingerprint density at radius 2 is 1.61 bits per heavy atom. The van der Waals surface area contributed by atoms with E-state index >= 15 is 0 Å². The van der Waals surface area contributed by atoms with Gasteiger partial charge in [0.05, 0.1) is 0 Å². The smallest absolute Gasteiger partial charge is 0.166 e. The van der Waals surface area contributed by atoms with Crippen LogP contribution in [0.3, 0.4) is 0 Å². The van der Waals surface area contributed by atoms with Crippen molar-refractivity contribution in [2.45, 2.75) is 19.9 Å². The molecule has 0 saturated heterocycles. The van der Waals surface area contributed by atoms with E-state index in [4.69, 9.17) is 5.73 Å². The summed E-state index contributed by atoms with van der Waals surface area (Å²) in [7, 11) is 0. The molecule has 0 aliphatic rings. The summed E-state index contributed by atoms with van der Waals surface area (Å²) in [5.41, 5.74) is 7.86. The highest BCUT2D eigenvalue weighted by atomic mass is 19.2. The van der Waals surface area contributed by atoms with Crippen molar-refractivity contribution in [2.24, 2.45) is 5.73 Å². The van der Waals surface area contributed by atoms with E-state index in [1.54, 1.807) is 31.2 Å². The molecule has 2 rings (SSSR count). The molecule has 0 saturated carbocycles. The number of halogens is 2. The SMILES string of the molecule is Cc1ccc(-c2ccccc2C(C)N)c(F)c1F. The number of hydrogen-bond donors (Lipinski definition) is 1. The Morgan fingerprint density at radius 1 is 0.944 bits per heavy atom. The van der Waals surface area contributed by atoms with Gasteiger partial charge in [-0.3, -0.25) is 0 Å². The molecule has 2 N–H and O–H groups in total. The zero-order valence-corrected chi connectivity index (χ0v) is 10.4. The molecule has 0 radical (unpaired) electrons. The second-order valence-corrected chi connectivity index (χ2v) is 4.43. The van der Waals surface area contributed by atoms with Gasteiger partial charge in [0.1, 0.15) is 0 Å². The summed E-state index contributed by atoms with van der Waals surface area (Å²) in [6.07, 6.45) is 0. The first-order valence-corrected chi connectivity index (χ1v) is 5.82. The molecular formula is C15H15F2N. The van der Waals surface area contributed by atoms with E-state index in [-0.39, 0.29) is 11.6 Å². The van der Waals surface area contributed by atoms with Crippen molar-refractivity contribution < 1.29 is 8.78 Å². The van der Waals surface area contributed by atoms with Crippen LogP contribution in [0, 0.1) is 18.6 Å². The van der Waals surface area contributed by atoms with Gasteiger partial charge in [0, 0.05) is 11.6 Å². The molecule has 0 fully saturated rings. The average molecular weight is 247 g/mol. The minimum atomic E-state index is -0.817. The van der Waals surface area contributed by atoms with Gasteiger partial charge in [-0.15, -0.1) is 0 Å². The molecule has 0 aliphatic carbocycles. The molecule has 0 amide bonds. The summed E-state index contributed by atoms with van der Waals surface area (Å²) in [6.45, 7) is 3.36. The molecule has 18 heavy (non-hydrogen) atoms. The Bertz CT molecular complexity index is 577. The Balaban J connectivity index is 2.66. The monoisotopic (exact) mass is 247 g/mol. The molecule has 1 unspecified atom stereocenters. The summed E-state index contributed by atoms with van der Waals surface area (Å²) in [5.74, 6) is -1.62. The molecular weight excluding hydrogens is 232 g/mol. The maximum Gasteiger partial charge on any atom is 0.166 e. The van der Waals surface area contributed by atoms with Gasteiger partial charge in [-0.25, -0.2) is 8.78 Å². The molecule has 1 atom stereocenters. The van der Waals surface area contributed by atoms with Gasteiger partial charge in [0.25, 0.3) is 0 Å². The fourth-order valence-electron chi connectivity index (χ4n) is 1.99. The summed E-state index contributed by atoms with van der Waals surface area (Å²) in [6, 6.07) is 10.2. The van der Waals surface area contributed by atoms with Gasteiger partial charge < -0.3 is 5.73 Å². The molecule has 3 heteroatoms. The zero-order chi connectivity index (χ0) is 13.3. The van der Waals surface area contributed by atoms with Crippen LogP contribution in [0.5, 0.6) is 0 Å². The second-order valence-electron chi connectivity index (χ2n) is 4.43. The summed E-state index contributed by atoms with van der Waals surface area (Å²) in [5, 5.41) is 0. The van der Waals surface area contributed by atoms with E-state index in [0.29, 0.717) is 11.1 Å². The van der Waals surface area contributed by atoms with E-state index < -0.39 is 11.6 Å². The van der Waals surface area contributed by atoms with Gasteiger partial charge in [-0.1, -0.05) is 36.4 Å². The van der Waals surface area contributed by atoms with Gasteiger partial charge >= 0.3 is 0 Å². The van der Waals surface area contributed by atoms with Crippen LogP contribution in [-0.2, 0) is 0 Å². The topological polar surface area (TPSA) is 26.0 Å². The minimum Gasteiger partial charge on any atom is -0.324 e. The molecule has 1 nitrogen and oxygen atoms in total. The van der Waals surface area contributed by atoms with Crippen LogP contribution in [0.15, 0.2) is 36.4 Å². The summed E-state index contributed by atoms with van der Waals surface area (Å²) < 4.78 is 27.6. The zero-order valence-electron chi connectivity index (χ0n) is 10.4. The second kappa shape index (κ2) is 4.86. The van der Waals surface area contributed by atoms with Crippen LogP contribution in [0.1, 0.15) is 24.1 Å². The van der Waals surface area contributed by atoms with Gasteiger partial charge in [-0.2, -0.15) is 0 Å². The number of aryl methyl sites for hydroxylation is 1. The fraction of sp³-hybridized carbons (Fsp3) is 0.200. The van der Waals surface area contributed by atoms with Crippen molar-refractivity contribution in [1.29, 1.82) is 0 Å². The van der Waals surface area contributed by atoms with Crippen LogP contribution in [0.2, 0.25) is 0 Å².